The molecule has 1 N–H and O–H groups in total. The number of hydrogen-bond donors (Lipinski definition) is 1. The van der Waals surface area contributed by atoms with Crippen molar-refractivity contribution in [2.45, 2.75) is 6.92 Å². The molecule has 0 aliphatic rings. The Morgan fingerprint density at radius 3 is 2.79 bits per heavy atom. The lowest BCUT2D eigenvalue weighted by molar-refractivity contribution is -0.126. The standard InChI is InChI=1S/C9H18ClNO3/c1-8(5-10)6-11-9(12)7-14-4-3-13-2/h8H,3-7H2,1-2H3,(H,11,12). The summed E-state index contributed by atoms with van der Waals surface area (Å²) in [5, 5.41) is 2.72. The average Bonchev–Trinajstić information content (AvgIpc) is 2.21. The number of rotatable bonds is 8. The fourth-order valence-corrected chi connectivity index (χ4v) is 0.810. The van der Waals surface area contributed by atoms with Crippen molar-refractivity contribution in [1.82, 2.24) is 5.32 Å². The highest BCUT2D eigenvalue weighted by Crippen LogP contribution is 1.94. The fraction of sp³-hybridized carbons (Fsp3) is 0.889. The molecule has 0 aromatic rings. The molecule has 0 aromatic carbocycles. The minimum atomic E-state index is -0.113. The Morgan fingerprint density at radius 2 is 2.21 bits per heavy atom. The molecule has 0 saturated heterocycles. The van der Waals surface area contributed by atoms with Gasteiger partial charge in [-0.25, -0.2) is 0 Å². The quantitative estimate of drug-likeness (QED) is 0.485. The van der Waals surface area contributed by atoms with Crippen LogP contribution in [0.5, 0.6) is 0 Å². The van der Waals surface area contributed by atoms with Crippen LogP contribution in [0.2, 0.25) is 0 Å². The van der Waals surface area contributed by atoms with E-state index in [0.717, 1.165) is 0 Å². The number of nitrogens with one attached hydrogen (secondary N) is 1. The molecule has 0 spiro atoms. The van der Waals surface area contributed by atoms with Crippen LogP contribution in [0.15, 0.2) is 0 Å². The van der Waals surface area contributed by atoms with E-state index in [-0.39, 0.29) is 12.5 Å². The van der Waals surface area contributed by atoms with Crippen molar-refractivity contribution in [2.75, 3.05) is 39.4 Å². The van der Waals surface area contributed by atoms with Gasteiger partial charge >= 0.3 is 0 Å². The van der Waals surface area contributed by atoms with Gasteiger partial charge in [0.1, 0.15) is 6.61 Å². The van der Waals surface area contributed by atoms with Crippen LogP contribution in [0.3, 0.4) is 0 Å². The Labute approximate surface area is 89.9 Å². The SMILES string of the molecule is COCCOCC(=O)NCC(C)CCl. The van der Waals surface area contributed by atoms with Gasteiger partial charge in [0.25, 0.3) is 0 Å². The number of methoxy groups -OCH3 is 1. The molecule has 1 atom stereocenters. The maximum atomic E-state index is 11.1. The largest absolute Gasteiger partial charge is 0.382 e. The van der Waals surface area contributed by atoms with E-state index in [2.05, 4.69) is 5.32 Å². The molecule has 0 aromatic heterocycles. The minimum absolute atomic E-state index is 0.0817. The summed E-state index contributed by atoms with van der Waals surface area (Å²) in [4.78, 5) is 11.1. The Hall–Kier alpha value is -0.320. The molecule has 0 radical (unpaired) electrons. The van der Waals surface area contributed by atoms with Crippen molar-refractivity contribution in [3.8, 4) is 0 Å². The number of alkyl halides is 1. The zero-order chi connectivity index (χ0) is 10.8. The second kappa shape index (κ2) is 9.24. The van der Waals surface area contributed by atoms with Gasteiger partial charge in [-0.15, -0.1) is 11.6 Å². The Balaban J connectivity index is 3.28. The van der Waals surface area contributed by atoms with Crippen molar-refractivity contribution < 1.29 is 14.3 Å². The molecule has 0 rings (SSSR count). The van der Waals surface area contributed by atoms with Gasteiger partial charge in [0.15, 0.2) is 0 Å². The minimum Gasteiger partial charge on any atom is -0.382 e. The van der Waals surface area contributed by atoms with Crippen molar-refractivity contribution in [2.24, 2.45) is 5.92 Å². The van der Waals surface area contributed by atoms with Gasteiger partial charge in [-0.1, -0.05) is 6.92 Å². The van der Waals surface area contributed by atoms with Gasteiger partial charge in [0.2, 0.25) is 5.91 Å². The van der Waals surface area contributed by atoms with Crippen molar-refractivity contribution >= 4 is 17.5 Å². The van der Waals surface area contributed by atoms with Gasteiger partial charge in [-0.3, -0.25) is 4.79 Å². The fourth-order valence-electron chi connectivity index (χ4n) is 0.701. The number of ether oxygens (including phenoxy) is 2. The maximum absolute atomic E-state index is 11.1. The maximum Gasteiger partial charge on any atom is 0.246 e. The topological polar surface area (TPSA) is 47.6 Å². The second-order valence-corrected chi connectivity index (χ2v) is 3.42. The van der Waals surface area contributed by atoms with E-state index in [1.807, 2.05) is 6.92 Å². The molecule has 0 bridgehead atoms. The summed E-state index contributed by atoms with van der Waals surface area (Å²) in [6.45, 7) is 3.59. The number of carbonyl (C=O) groups excluding carboxylic acids is 1. The number of carbonyl (C=O) groups is 1. The highest BCUT2D eigenvalue weighted by atomic mass is 35.5. The molecule has 0 aliphatic carbocycles. The van der Waals surface area contributed by atoms with Crippen LogP contribution in [-0.2, 0) is 14.3 Å². The van der Waals surface area contributed by atoms with Crippen LogP contribution < -0.4 is 5.32 Å². The Kier molecular flexibility index (Phi) is 9.03. The van der Waals surface area contributed by atoms with Gasteiger partial charge in [-0.05, 0) is 5.92 Å². The predicted octanol–water partition coefficient (Wildman–Crippen LogP) is 0.640. The lowest BCUT2D eigenvalue weighted by Gasteiger charge is -2.09. The third-order valence-electron chi connectivity index (χ3n) is 1.58. The summed E-state index contributed by atoms with van der Waals surface area (Å²) >= 11 is 5.58. The molecule has 5 heteroatoms. The van der Waals surface area contributed by atoms with Gasteiger partial charge in [0.05, 0.1) is 13.2 Å². The second-order valence-electron chi connectivity index (χ2n) is 3.11. The number of amides is 1. The lowest BCUT2D eigenvalue weighted by atomic mass is 10.2. The van der Waals surface area contributed by atoms with E-state index in [1.165, 1.54) is 0 Å². The predicted molar refractivity (Wildman–Crippen MR) is 55.6 cm³/mol. The van der Waals surface area contributed by atoms with E-state index in [1.54, 1.807) is 7.11 Å². The summed E-state index contributed by atoms with van der Waals surface area (Å²) in [7, 11) is 1.59. The van der Waals surface area contributed by atoms with E-state index in [4.69, 9.17) is 21.1 Å². The Morgan fingerprint density at radius 1 is 1.50 bits per heavy atom. The molecule has 1 unspecified atom stereocenters. The highest BCUT2D eigenvalue weighted by Gasteiger charge is 2.03. The van der Waals surface area contributed by atoms with Gasteiger partial charge < -0.3 is 14.8 Å². The number of hydrogen-bond acceptors (Lipinski definition) is 3. The average molecular weight is 224 g/mol. The summed E-state index contributed by atoms with van der Waals surface area (Å²) in [5.74, 6) is 0.725. The third-order valence-corrected chi connectivity index (χ3v) is 2.10. The zero-order valence-electron chi connectivity index (χ0n) is 8.72. The molecule has 0 heterocycles. The van der Waals surface area contributed by atoms with Crippen LogP contribution in [0.25, 0.3) is 0 Å². The van der Waals surface area contributed by atoms with Crippen LogP contribution in [0.4, 0.5) is 0 Å². The lowest BCUT2D eigenvalue weighted by Crippen LogP contribution is -2.32. The molecular formula is C9H18ClNO3. The highest BCUT2D eigenvalue weighted by molar-refractivity contribution is 6.18. The van der Waals surface area contributed by atoms with Crippen LogP contribution in [-0.4, -0.2) is 45.3 Å². The number of halogens is 1. The molecule has 0 fully saturated rings. The van der Waals surface area contributed by atoms with Crippen molar-refractivity contribution in [1.29, 1.82) is 0 Å². The molecule has 1 amide bonds. The molecular weight excluding hydrogens is 206 g/mol. The summed E-state index contributed by atoms with van der Waals surface area (Å²) in [6.07, 6.45) is 0. The van der Waals surface area contributed by atoms with Crippen LogP contribution in [0, 0.1) is 5.92 Å². The van der Waals surface area contributed by atoms with Gasteiger partial charge in [0, 0.05) is 19.5 Å². The summed E-state index contributed by atoms with van der Waals surface area (Å²) < 4.78 is 9.80. The van der Waals surface area contributed by atoms with Crippen LogP contribution >= 0.6 is 11.6 Å². The first-order valence-electron chi connectivity index (χ1n) is 4.60. The molecule has 4 nitrogen and oxygen atoms in total. The van der Waals surface area contributed by atoms with E-state index in [0.29, 0.717) is 31.6 Å². The molecule has 0 saturated carbocycles. The van der Waals surface area contributed by atoms with Gasteiger partial charge in [-0.2, -0.15) is 0 Å². The first-order valence-corrected chi connectivity index (χ1v) is 5.13. The normalized spacial score (nSPS) is 12.5. The first kappa shape index (κ1) is 13.7. The van der Waals surface area contributed by atoms with E-state index < -0.39 is 0 Å². The Bertz CT molecular complexity index is 155. The van der Waals surface area contributed by atoms with Crippen LogP contribution in [0.1, 0.15) is 6.92 Å². The summed E-state index contributed by atoms with van der Waals surface area (Å²) in [5.41, 5.74) is 0. The molecule has 14 heavy (non-hydrogen) atoms. The van der Waals surface area contributed by atoms with E-state index in [9.17, 15) is 4.79 Å². The molecule has 0 aliphatic heterocycles. The van der Waals surface area contributed by atoms with E-state index >= 15 is 0 Å². The summed E-state index contributed by atoms with van der Waals surface area (Å²) in [6, 6.07) is 0. The van der Waals surface area contributed by atoms with Crippen molar-refractivity contribution in [3.05, 3.63) is 0 Å². The molecule has 84 valence electrons. The van der Waals surface area contributed by atoms with Crippen molar-refractivity contribution in [3.63, 3.8) is 0 Å². The third kappa shape index (κ3) is 8.29. The first-order chi connectivity index (χ1) is 6.70. The zero-order valence-corrected chi connectivity index (χ0v) is 9.47. The smallest absolute Gasteiger partial charge is 0.246 e. The monoisotopic (exact) mass is 223 g/mol.